The maximum absolute atomic E-state index is 11.9. The third-order valence-electron chi connectivity index (χ3n) is 2.32. The highest BCUT2D eigenvalue weighted by molar-refractivity contribution is 6.40. The number of carbonyl (C=O) groups excluding carboxylic acids is 1. The number of amides is 1. The summed E-state index contributed by atoms with van der Waals surface area (Å²) in [5.74, 6) is -1.81. The van der Waals surface area contributed by atoms with Crippen LogP contribution >= 0.6 is 34.8 Å². The fraction of sp³-hybridized carbons (Fsp3) is 0. The normalized spacial score (nSPS) is 10.3. The molecule has 2 rings (SSSR count). The Balaban J connectivity index is 2.30. The van der Waals surface area contributed by atoms with Gasteiger partial charge in [0, 0.05) is 0 Å². The average Bonchev–Trinajstić information content (AvgIpc) is 2.80. The van der Waals surface area contributed by atoms with E-state index in [4.69, 9.17) is 44.3 Å². The molecule has 2 N–H and O–H groups in total. The van der Waals surface area contributed by atoms with Gasteiger partial charge in [-0.05, 0) is 35.9 Å². The fourth-order valence-electron chi connectivity index (χ4n) is 1.43. The molecule has 0 spiro atoms. The van der Waals surface area contributed by atoms with E-state index >= 15 is 0 Å². The van der Waals surface area contributed by atoms with Crippen molar-refractivity contribution in [3.63, 3.8) is 0 Å². The Kier molecular flexibility index (Phi) is 4.23. The van der Waals surface area contributed by atoms with E-state index in [2.05, 4.69) is 5.32 Å². The van der Waals surface area contributed by atoms with Crippen molar-refractivity contribution in [1.82, 2.24) is 0 Å². The lowest BCUT2D eigenvalue weighted by Gasteiger charge is -2.09. The fourth-order valence-corrected chi connectivity index (χ4v) is 2.16. The first kappa shape index (κ1) is 14.7. The standard InChI is InChI=1S/C12H6Cl3NO4/c13-6-3-5(12(18)19)4-7(14)10(6)16-11(17)8-1-2-9(15)20-8/h1-4H,(H,16,17)(H,18,19). The molecular formula is C12H6Cl3NO4. The summed E-state index contributed by atoms with van der Waals surface area (Å²) in [7, 11) is 0. The lowest BCUT2D eigenvalue weighted by Crippen LogP contribution is -2.12. The second-order valence-corrected chi connectivity index (χ2v) is 4.86. The lowest BCUT2D eigenvalue weighted by molar-refractivity contribution is 0.0696. The van der Waals surface area contributed by atoms with Gasteiger partial charge in [0.1, 0.15) is 0 Å². The van der Waals surface area contributed by atoms with Crippen LogP contribution in [0.1, 0.15) is 20.9 Å². The van der Waals surface area contributed by atoms with E-state index in [9.17, 15) is 9.59 Å². The van der Waals surface area contributed by atoms with Gasteiger partial charge < -0.3 is 14.8 Å². The summed E-state index contributed by atoms with van der Waals surface area (Å²) < 4.78 is 4.93. The highest BCUT2D eigenvalue weighted by atomic mass is 35.5. The van der Waals surface area contributed by atoms with Gasteiger partial charge >= 0.3 is 5.97 Å². The molecule has 104 valence electrons. The first-order chi connectivity index (χ1) is 9.38. The number of hydrogen-bond acceptors (Lipinski definition) is 3. The number of carbonyl (C=O) groups is 2. The van der Waals surface area contributed by atoms with Crippen LogP contribution in [0.5, 0.6) is 0 Å². The van der Waals surface area contributed by atoms with Gasteiger partial charge in [-0.25, -0.2) is 4.79 Å². The van der Waals surface area contributed by atoms with Crippen molar-refractivity contribution >= 4 is 52.4 Å². The van der Waals surface area contributed by atoms with Gasteiger partial charge in [0.25, 0.3) is 5.91 Å². The molecule has 8 heteroatoms. The predicted octanol–water partition coefficient (Wildman–Crippen LogP) is 4.19. The van der Waals surface area contributed by atoms with Gasteiger partial charge in [0.05, 0.1) is 21.3 Å². The van der Waals surface area contributed by atoms with Crippen molar-refractivity contribution in [1.29, 1.82) is 0 Å². The molecule has 0 aliphatic rings. The Morgan fingerprint density at radius 1 is 1.10 bits per heavy atom. The second kappa shape index (κ2) is 5.75. The summed E-state index contributed by atoms with van der Waals surface area (Å²) >= 11 is 17.4. The van der Waals surface area contributed by atoms with Crippen LogP contribution in [0.15, 0.2) is 28.7 Å². The highest BCUT2D eigenvalue weighted by Gasteiger charge is 2.17. The van der Waals surface area contributed by atoms with Crippen LogP contribution in [0.3, 0.4) is 0 Å². The van der Waals surface area contributed by atoms with E-state index < -0.39 is 11.9 Å². The molecule has 0 saturated carbocycles. The van der Waals surface area contributed by atoms with Gasteiger partial charge in [0.15, 0.2) is 11.0 Å². The first-order valence-corrected chi connectivity index (χ1v) is 6.31. The molecule has 5 nitrogen and oxygen atoms in total. The molecule has 1 amide bonds. The van der Waals surface area contributed by atoms with Crippen molar-refractivity contribution in [3.8, 4) is 0 Å². The molecule has 2 aromatic rings. The van der Waals surface area contributed by atoms with Crippen molar-refractivity contribution in [2.45, 2.75) is 0 Å². The summed E-state index contributed by atoms with van der Waals surface area (Å²) in [6.07, 6.45) is 0. The molecule has 0 unspecified atom stereocenters. The molecule has 1 aromatic carbocycles. The Labute approximate surface area is 128 Å². The minimum Gasteiger partial charge on any atom is -0.478 e. The molecule has 0 fully saturated rings. The van der Waals surface area contributed by atoms with Crippen molar-refractivity contribution in [3.05, 3.63) is 50.9 Å². The quantitative estimate of drug-likeness (QED) is 0.882. The van der Waals surface area contributed by atoms with Gasteiger partial charge in [0.2, 0.25) is 0 Å². The largest absolute Gasteiger partial charge is 0.478 e. The number of carboxylic acids is 1. The lowest BCUT2D eigenvalue weighted by atomic mass is 10.2. The van der Waals surface area contributed by atoms with E-state index in [1.807, 2.05) is 0 Å². The minimum absolute atomic E-state index is 0.000836. The van der Waals surface area contributed by atoms with Crippen LogP contribution in [-0.2, 0) is 0 Å². The van der Waals surface area contributed by atoms with E-state index in [-0.39, 0.29) is 32.3 Å². The number of aromatic carboxylic acids is 1. The third kappa shape index (κ3) is 3.07. The van der Waals surface area contributed by atoms with Crippen molar-refractivity contribution in [2.24, 2.45) is 0 Å². The van der Waals surface area contributed by atoms with E-state index in [0.29, 0.717) is 0 Å². The molecule has 0 radical (unpaired) electrons. The molecule has 0 aliphatic carbocycles. The zero-order valence-electron chi connectivity index (χ0n) is 9.62. The van der Waals surface area contributed by atoms with Crippen LogP contribution in [0, 0.1) is 0 Å². The van der Waals surface area contributed by atoms with Crippen LogP contribution in [0.2, 0.25) is 15.3 Å². The van der Waals surface area contributed by atoms with Gasteiger partial charge in [-0.1, -0.05) is 23.2 Å². The number of hydrogen-bond donors (Lipinski definition) is 2. The molecule has 20 heavy (non-hydrogen) atoms. The SMILES string of the molecule is O=C(O)c1cc(Cl)c(NC(=O)c2ccc(Cl)o2)c(Cl)c1. The summed E-state index contributed by atoms with van der Waals surface area (Å²) in [4.78, 5) is 22.7. The Bertz CT molecular complexity index is 673. The summed E-state index contributed by atoms with van der Waals surface area (Å²) in [5.41, 5.74) is 0.00916. The van der Waals surface area contributed by atoms with Crippen LogP contribution in [0.4, 0.5) is 5.69 Å². The van der Waals surface area contributed by atoms with Gasteiger partial charge in [-0.15, -0.1) is 0 Å². The smallest absolute Gasteiger partial charge is 0.335 e. The minimum atomic E-state index is -1.18. The maximum Gasteiger partial charge on any atom is 0.335 e. The zero-order valence-corrected chi connectivity index (χ0v) is 11.9. The number of anilines is 1. The topological polar surface area (TPSA) is 79.5 Å². The van der Waals surface area contributed by atoms with Gasteiger partial charge in [-0.2, -0.15) is 0 Å². The number of furan rings is 1. The Hall–Kier alpha value is -1.69. The number of nitrogens with one attached hydrogen (secondary N) is 1. The molecular weight excluding hydrogens is 328 g/mol. The van der Waals surface area contributed by atoms with E-state index in [1.54, 1.807) is 0 Å². The third-order valence-corrected chi connectivity index (χ3v) is 3.12. The number of halogens is 3. The highest BCUT2D eigenvalue weighted by Crippen LogP contribution is 2.32. The molecule has 0 atom stereocenters. The zero-order chi connectivity index (χ0) is 14.9. The first-order valence-electron chi connectivity index (χ1n) is 5.17. The maximum atomic E-state index is 11.9. The number of rotatable bonds is 3. The second-order valence-electron chi connectivity index (χ2n) is 3.68. The van der Waals surface area contributed by atoms with Crippen molar-refractivity contribution in [2.75, 3.05) is 5.32 Å². The molecule has 0 bridgehead atoms. The van der Waals surface area contributed by atoms with E-state index in [1.165, 1.54) is 24.3 Å². The van der Waals surface area contributed by atoms with E-state index in [0.717, 1.165) is 0 Å². The summed E-state index contributed by atoms with van der Waals surface area (Å²) in [6.45, 7) is 0. The van der Waals surface area contributed by atoms with Crippen molar-refractivity contribution < 1.29 is 19.1 Å². The molecule has 1 aromatic heterocycles. The van der Waals surface area contributed by atoms with Crippen LogP contribution in [-0.4, -0.2) is 17.0 Å². The number of carboxylic acid groups (broad SMARTS) is 1. The average molecular weight is 335 g/mol. The molecule has 0 aliphatic heterocycles. The summed E-state index contributed by atoms with van der Waals surface area (Å²) in [6, 6.07) is 5.15. The Morgan fingerprint density at radius 3 is 2.15 bits per heavy atom. The van der Waals surface area contributed by atoms with Crippen LogP contribution in [0.25, 0.3) is 0 Å². The molecule has 1 heterocycles. The van der Waals surface area contributed by atoms with Crippen LogP contribution < -0.4 is 5.32 Å². The predicted molar refractivity (Wildman–Crippen MR) is 75.1 cm³/mol. The number of benzene rings is 1. The van der Waals surface area contributed by atoms with Gasteiger partial charge in [-0.3, -0.25) is 4.79 Å². The summed E-state index contributed by atoms with van der Waals surface area (Å²) in [5, 5.41) is 11.3. The Morgan fingerprint density at radius 2 is 1.70 bits per heavy atom. The monoisotopic (exact) mass is 333 g/mol. The molecule has 0 saturated heterocycles.